The van der Waals surface area contributed by atoms with Gasteiger partial charge >= 0.3 is 0 Å². The van der Waals surface area contributed by atoms with Crippen LogP contribution in [0.1, 0.15) is 16.8 Å². The van der Waals surface area contributed by atoms with E-state index < -0.39 is 0 Å². The molecule has 1 aromatic rings. The largest absolute Gasteiger partial charge is 0.399 e. The minimum Gasteiger partial charge on any atom is -0.399 e. The standard InChI is InChI=1S/C12H16N2O2.ClH/c13-11-4-1-3-10(9-11)12(15)14-5-2-7-16-8-6-14;/h1,3-4,9H,2,5-8,13H2;1H. The molecule has 1 heterocycles. The third kappa shape index (κ3) is 3.61. The third-order valence-electron chi connectivity index (χ3n) is 2.64. The highest BCUT2D eigenvalue weighted by atomic mass is 35.5. The number of carbonyl (C=O) groups is 1. The number of benzene rings is 1. The van der Waals surface area contributed by atoms with Gasteiger partial charge in [-0.3, -0.25) is 4.79 Å². The Morgan fingerprint density at radius 1 is 1.29 bits per heavy atom. The maximum atomic E-state index is 12.1. The second-order valence-electron chi connectivity index (χ2n) is 3.88. The van der Waals surface area contributed by atoms with Gasteiger partial charge in [0.15, 0.2) is 0 Å². The lowest BCUT2D eigenvalue weighted by atomic mass is 10.1. The molecule has 1 aromatic carbocycles. The van der Waals surface area contributed by atoms with Crippen molar-refractivity contribution in [2.75, 3.05) is 32.0 Å². The molecule has 0 aromatic heterocycles. The quantitative estimate of drug-likeness (QED) is 0.776. The van der Waals surface area contributed by atoms with Crippen molar-refractivity contribution >= 4 is 24.0 Å². The summed E-state index contributed by atoms with van der Waals surface area (Å²) >= 11 is 0. The highest BCUT2D eigenvalue weighted by Gasteiger charge is 2.17. The first-order valence-electron chi connectivity index (χ1n) is 5.50. The zero-order valence-electron chi connectivity index (χ0n) is 9.59. The predicted molar refractivity (Wildman–Crippen MR) is 69.4 cm³/mol. The summed E-state index contributed by atoms with van der Waals surface area (Å²) in [5.41, 5.74) is 6.94. The number of amides is 1. The fourth-order valence-electron chi connectivity index (χ4n) is 1.80. The van der Waals surface area contributed by atoms with E-state index in [1.807, 2.05) is 4.90 Å². The molecule has 0 aliphatic carbocycles. The van der Waals surface area contributed by atoms with Crippen LogP contribution in [0.2, 0.25) is 0 Å². The first kappa shape index (κ1) is 13.8. The van der Waals surface area contributed by atoms with Gasteiger partial charge in [-0.1, -0.05) is 6.07 Å². The van der Waals surface area contributed by atoms with Crippen LogP contribution in [0.5, 0.6) is 0 Å². The summed E-state index contributed by atoms with van der Waals surface area (Å²) < 4.78 is 5.32. The maximum absolute atomic E-state index is 12.1. The highest BCUT2D eigenvalue weighted by Crippen LogP contribution is 2.11. The summed E-state index contributed by atoms with van der Waals surface area (Å²) in [5.74, 6) is 0.0396. The smallest absolute Gasteiger partial charge is 0.254 e. The van der Waals surface area contributed by atoms with Crippen LogP contribution in [-0.4, -0.2) is 37.1 Å². The molecular formula is C12H17ClN2O2. The van der Waals surface area contributed by atoms with Crippen molar-refractivity contribution in [3.63, 3.8) is 0 Å². The van der Waals surface area contributed by atoms with Crippen LogP contribution < -0.4 is 5.73 Å². The van der Waals surface area contributed by atoms with E-state index in [0.717, 1.165) is 19.6 Å². The Kier molecular flexibility index (Phi) is 5.25. The van der Waals surface area contributed by atoms with E-state index in [1.54, 1.807) is 24.3 Å². The Labute approximate surface area is 107 Å². The molecule has 0 bridgehead atoms. The zero-order chi connectivity index (χ0) is 11.4. The normalized spacial score (nSPS) is 15.9. The maximum Gasteiger partial charge on any atom is 0.254 e. The minimum atomic E-state index is 0. The first-order chi connectivity index (χ1) is 7.77. The van der Waals surface area contributed by atoms with Crippen molar-refractivity contribution in [2.45, 2.75) is 6.42 Å². The van der Waals surface area contributed by atoms with Crippen molar-refractivity contribution < 1.29 is 9.53 Å². The lowest BCUT2D eigenvalue weighted by molar-refractivity contribution is 0.0741. The molecule has 2 rings (SSSR count). The van der Waals surface area contributed by atoms with Crippen LogP contribution in [0.25, 0.3) is 0 Å². The monoisotopic (exact) mass is 256 g/mol. The molecule has 1 aliphatic rings. The second-order valence-corrected chi connectivity index (χ2v) is 3.88. The van der Waals surface area contributed by atoms with Gasteiger partial charge in [-0.05, 0) is 24.6 Å². The van der Waals surface area contributed by atoms with Gasteiger partial charge < -0.3 is 15.4 Å². The van der Waals surface area contributed by atoms with Crippen LogP contribution in [0, 0.1) is 0 Å². The molecule has 2 N–H and O–H groups in total. The summed E-state index contributed by atoms with van der Waals surface area (Å²) in [6.07, 6.45) is 0.897. The van der Waals surface area contributed by atoms with Gasteiger partial charge in [0.25, 0.3) is 5.91 Å². The molecule has 4 nitrogen and oxygen atoms in total. The molecule has 1 aliphatic heterocycles. The number of nitrogen functional groups attached to an aromatic ring is 1. The van der Waals surface area contributed by atoms with Gasteiger partial charge in [0.05, 0.1) is 6.61 Å². The van der Waals surface area contributed by atoms with Crippen molar-refractivity contribution in [3.8, 4) is 0 Å². The van der Waals surface area contributed by atoms with Crippen molar-refractivity contribution in [2.24, 2.45) is 0 Å². The number of nitrogens with zero attached hydrogens (tertiary/aromatic N) is 1. The lowest BCUT2D eigenvalue weighted by Gasteiger charge is -2.19. The van der Waals surface area contributed by atoms with Gasteiger partial charge in [-0.15, -0.1) is 12.4 Å². The van der Waals surface area contributed by atoms with Crippen molar-refractivity contribution in [3.05, 3.63) is 29.8 Å². The Balaban J connectivity index is 0.00000144. The number of hydrogen-bond donors (Lipinski definition) is 1. The molecule has 0 atom stereocenters. The van der Waals surface area contributed by atoms with Crippen LogP contribution in [0.3, 0.4) is 0 Å². The molecule has 17 heavy (non-hydrogen) atoms. The van der Waals surface area contributed by atoms with Crippen molar-refractivity contribution in [1.29, 1.82) is 0 Å². The Morgan fingerprint density at radius 3 is 2.88 bits per heavy atom. The molecule has 1 fully saturated rings. The van der Waals surface area contributed by atoms with Gasteiger partial charge in [0.2, 0.25) is 0 Å². The molecule has 0 spiro atoms. The molecule has 0 unspecified atom stereocenters. The molecule has 1 amide bonds. The second kappa shape index (κ2) is 6.47. The summed E-state index contributed by atoms with van der Waals surface area (Å²) in [4.78, 5) is 13.9. The van der Waals surface area contributed by atoms with E-state index in [4.69, 9.17) is 10.5 Å². The lowest BCUT2D eigenvalue weighted by Crippen LogP contribution is -2.33. The first-order valence-corrected chi connectivity index (χ1v) is 5.50. The summed E-state index contributed by atoms with van der Waals surface area (Å²) in [5, 5.41) is 0. The van der Waals surface area contributed by atoms with Crippen molar-refractivity contribution in [1.82, 2.24) is 4.90 Å². The third-order valence-corrected chi connectivity index (χ3v) is 2.64. The van der Waals surface area contributed by atoms with E-state index in [-0.39, 0.29) is 18.3 Å². The minimum absolute atomic E-state index is 0. The fourth-order valence-corrected chi connectivity index (χ4v) is 1.80. The number of nitrogens with two attached hydrogens (primary N) is 1. The average Bonchev–Trinajstić information content (AvgIpc) is 2.56. The van der Waals surface area contributed by atoms with E-state index in [0.29, 0.717) is 24.4 Å². The molecule has 5 heteroatoms. The topological polar surface area (TPSA) is 55.6 Å². The Morgan fingerprint density at radius 2 is 2.12 bits per heavy atom. The van der Waals surface area contributed by atoms with Crippen LogP contribution in [-0.2, 0) is 4.74 Å². The van der Waals surface area contributed by atoms with Gasteiger partial charge in [-0.25, -0.2) is 0 Å². The van der Waals surface area contributed by atoms with E-state index in [9.17, 15) is 4.79 Å². The molecule has 94 valence electrons. The number of rotatable bonds is 1. The Bertz CT molecular complexity index is 377. The van der Waals surface area contributed by atoms with E-state index in [2.05, 4.69) is 0 Å². The van der Waals surface area contributed by atoms with Crippen LogP contribution in [0.15, 0.2) is 24.3 Å². The van der Waals surface area contributed by atoms with Gasteiger partial charge in [0, 0.05) is 30.9 Å². The molecule has 1 saturated heterocycles. The predicted octanol–water partition coefficient (Wildman–Crippen LogP) is 1.55. The summed E-state index contributed by atoms with van der Waals surface area (Å²) in [7, 11) is 0. The van der Waals surface area contributed by atoms with Gasteiger partial charge in [0.1, 0.15) is 0 Å². The van der Waals surface area contributed by atoms with Crippen LogP contribution >= 0.6 is 12.4 Å². The summed E-state index contributed by atoms with van der Waals surface area (Å²) in [6.45, 7) is 2.77. The fraction of sp³-hybridized carbons (Fsp3) is 0.417. The number of halogens is 1. The van der Waals surface area contributed by atoms with E-state index >= 15 is 0 Å². The number of hydrogen-bond acceptors (Lipinski definition) is 3. The number of anilines is 1. The average molecular weight is 257 g/mol. The molecule has 0 saturated carbocycles. The highest BCUT2D eigenvalue weighted by molar-refractivity contribution is 5.95. The zero-order valence-corrected chi connectivity index (χ0v) is 10.4. The number of ether oxygens (including phenoxy) is 1. The SMILES string of the molecule is Cl.Nc1cccc(C(=O)N2CCCOCC2)c1. The molecule has 0 radical (unpaired) electrons. The van der Waals surface area contributed by atoms with Crippen LogP contribution in [0.4, 0.5) is 5.69 Å². The number of carbonyl (C=O) groups excluding carboxylic acids is 1. The molecular weight excluding hydrogens is 240 g/mol. The Hall–Kier alpha value is -1.26. The van der Waals surface area contributed by atoms with E-state index in [1.165, 1.54) is 0 Å². The van der Waals surface area contributed by atoms with Gasteiger partial charge in [-0.2, -0.15) is 0 Å². The summed E-state index contributed by atoms with van der Waals surface area (Å²) in [6, 6.07) is 7.09.